The summed E-state index contributed by atoms with van der Waals surface area (Å²) < 4.78 is 0. The van der Waals surface area contributed by atoms with E-state index in [0.29, 0.717) is 16.9 Å². The van der Waals surface area contributed by atoms with Gasteiger partial charge in [-0.1, -0.05) is 65.9 Å². The first-order chi connectivity index (χ1) is 12.3. The quantitative estimate of drug-likeness (QED) is 0.388. The summed E-state index contributed by atoms with van der Waals surface area (Å²) in [6.45, 7) is 0. The Bertz CT molecular complexity index is 885. The van der Waals surface area contributed by atoms with Crippen molar-refractivity contribution in [3.8, 4) is 0 Å². The van der Waals surface area contributed by atoms with Gasteiger partial charge in [-0.15, -0.1) is 5.10 Å². The van der Waals surface area contributed by atoms with Gasteiger partial charge < -0.3 is 0 Å². The van der Waals surface area contributed by atoms with E-state index in [1.165, 1.54) is 0 Å². The van der Waals surface area contributed by atoms with Crippen molar-refractivity contribution in [2.24, 2.45) is 20.4 Å². The number of rotatable bonds is 4. The highest BCUT2D eigenvalue weighted by Crippen LogP contribution is 2.37. The van der Waals surface area contributed by atoms with Crippen LogP contribution in [-0.2, 0) is 0 Å². The normalized spacial score (nSPS) is 16.7. The zero-order chi connectivity index (χ0) is 17.5. The van der Waals surface area contributed by atoms with E-state index in [4.69, 9.17) is 10.9 Å². The molecule has 8 heteroatoms. The van der Waals surface area contributed by atoms with E-state index in [-0.39, 0.29) is 0 Å². The summed E-state index contributed by atoms with van der Waals surface area (Å²) in [4.78, 5) is 4.49. The van der Waals surface area contributed by atoms with Gasteiger partial charge in [0.05, 0.1) is 0 Å². The van der Waals surface area contributed by atoms with Gasteiger partial charge >= 0.3 is 5.08 Å². The predicted octanol–water partition coefficient (Wildman–Crippen LogP) is 3.64. The van der Waals surface area contributed by atoms with E-state index in [2.05, 4.69) is 25.5 Å². The van der Waals surface area contributed by atoms with Crippen molar-refractivity contribution in [3.05, 3.63) is 78.0 Å². The van der Waals surface area contributed by atoms with Gasteiger partial charge in [-0.25, -0.2) is 0 Å². The van der Waals surface area contributed by atoms with Gasteiger partial charge in [-0.2, -0.15) is 5.53 Å². The fourth-order valence-corrected chi connectivity index (χ4v) is 4.70. The first-order valence-electron chi connectivity index (χ1n) is 7.37. The summed E-state index contributed by atoms with van der Waals surface area (Å²) in [6, 6.07) is 19.9. The topological polar surface area (TPSA) is 101 Å². The molecule has 1 N–H and O–H groups in total. The minimum absolute atomic E-state index is 0.305. The third-order valence-electron chi connectivity index (χ3n) is 3.43. The van der Waals surface area contributed by atoms with Gasteiger partial charge in [-0.3, -0.25) is 4.99 Å². The Morgan fingerprint density at radius 2 is 1.56 bits per heavy atom. The van der Waals surface area contributed by atoms with Gasteiger partial charge in [0.1, 0.15) is 11.2 Å². The maximum absolute atomic E-state index is 8.98. The lowest BCUT2D eigenvalue weighted by atomic mass is 10.2. The Morgan fingerprint density at radius 1 is 0.960 bits per heavy atom. The molecule has 1 aliphatic rings. The number of allylic oxidation sites excluding steroid dienone is 1. The number of aliphatic imine (C=N–C) groups is 1. The molecule has 0 aliphatic carbocycles. The predicted molar refractivity (Wildman–Crippen MR) is 101 cm³/mol. The van der Waals surface area contributed by atoms with E-state index >= 15 is 0 Å². The molecular weight excluding hydrogens is 333 g/mol. The summed E-state index contributed by atoms with van der Waals surface area (Å²) in [7, 11) is -1.04. The molecule has 0 saturated carbocycles. The maximum Gasteiger partial charge on any atom is 0.339 e. The van der Waals surface area contributed by atoms with Crippen LogP contribution in [0, 0.1) is 10.9 Å². The van der Waals surface area contributed by atoms with E-state index in [9.17, 15) is 0 Å². The largest absolute Gasteiger partial charge is 0.339 e. The van der Waals surface area contributed by atoms with Crippen LogP contribution in [0.25, 0.3) is 5.08 Å². The zero-order valence-electron chi connectivity index (χ0n) is 13.1. The molecule has 0 radical (unpaired) electrons. The molecule has 2 aromatic carbocycles. The Labute approximate surface area is 145 Å². The molecule has 0 atom stereocenters. The molecule has 0 unspecified atom stereocenters. The molecule has 3 rings (SSSR count). The van der Waals surface area contributed by atoms with Crippen LogP contribution in [0.3, 0.4) is 0 Å². The summed E-state index contributed by atoms with van der Waals surface area (Å²) in [5.74, 6) is 0. The number of nitrogens with one attached hydrogen (secondary N) is 1. The van der Waals surface area contributed by atoms with E-state index < -0.39 is 7.92 Å². The summed E-state index contributed by atoms with van der Waals surface area (Å²) >= 11 is 0. The lowest BCUT2D eigenvalue weighted by Gasteiger charge is -2.21. The summed E-state index contributed by atoms with van der Waals surface area (Å²) in [5, 5.41) is 24.7. The summed E-state index contributed by atoms with van der Waals surface area (Å²) in [6.07, 6.45) is 3.17. The molecule has 25 heavy (non-hydrogen) atoms. The molecule has 120 valence electrons. The number of nitrogens with zero attached hydrogens (tertiary/aromatic N) is 6. The van der Waals surface area contributed by atoms with Gasteiger partial charge in [0.2, 0.25) is 5.71 Å². The minimum atomic E-state index is -1.04. The lowest BCUT2D eigenvalue weighted by Crippen LogP contribution is -2.30. The Hall–Kier alpha value is -3.36. The van der Waals surface area contributed by atoms with Crippen molar-refractivity contribution in [1.29, 1.82) is 10.9 Å². The average molecular weight is 346 g/mol. The fraction of sp³-hybridized carbons (Fsp3) is 0. The van der Waals surface area contributed by atoms with Crippen LogP contribution < -0.4 is 10.6 Å². The highest BCUT2D eigenvalue weighted by molar-refractivity contribution is 7.90. The van der Waals surface area contributed by atoms with Gasteiger partial charge in [-0.05, 0) is 16.7 Å². The highest BCUT2D eigenvalue weighted by Gasteiger charge is 2.31. The first kappa shape index (κ1) is 16.5. The minimum Gasteiger partial charge on any atom is -0.253 e. The monoisotopic (exact) mass is 346 g/mol. The van der Waals surface area contributed by atoms with Crippen molar-refractivity contribution in [1.82, 2.24) is 0 Å². The molecule has 0 saturated heterocycles. The van der Waals surface area contributed by atoms with Crippen LogP contribution in [-0.4, -0.2) is 16.9 Å². The Morgan fingerprint density at radius 3 is 2.08 bits per heavy atom. The fourth-order valence-electron chi connectivity index (χ4n) is 2.42. The second-order valence-electron chi connectivity index (χ2n) is 4.90. The molecule has 2 aromatic rings. The zero-order valence-corrected chi connectivity index (χ0v) is 14.0. The van der Waals surface area contributed by atoms with Gasteiger partial charge in [0.15, 0.2) is 5.10 Å². The van der Waals surface area contributed by atoms with Crippen LogP contribution in [0.5, 0.6) is 0 Å². The molecule has 0 amide bonds. The molecule has 0 spiro atoms. The van der Waals surface area contributed by atoms with Crippen LogP contribution in [0.4, 0.5) is 0 Å². The first-order valence-corrected chi connectivity index (χ1v) is 8.71. The Balaban J connectivity index is 2.19. The standard InChI is InChI=1S/C17H13N7P/c18-23-21-15-11-12-20-17(16(15)22-24-19)25(13-7-3-1-4-8-13)14-9-5-2-6-10-14/h1-12,18H/q+1. The SMILES string of the molecule is N#[N+]N=C1C(=NN=N)C=CN=C1P(c1ccccc1)c1ccccc1. The van der Waals surface area contributed by atoms with Crippen molar-refractivity contribution in [2.45, 2.75) is 0 Å². The highest BCUT2D eigenvalue weighted by atomic mass is 31.1. The summed E-state index contributed by atoms with van der Waals surface area (Å²) in [5.41, 5.74) is 8.25. The van der Waals surface area contributed by atoms with Crippen molar-refractivity contribution in [2.75, 3.05) is 0 Å². The van der Waals surface area contributed by atoms with Crippen molar-refractivity contribution in [3.63, 3.8) is 0 Å². The smallest absolute Gasteiger partial charge is 0.253 e. The van der Waals surface area contributed by atoms with Crippen LogP contribution in [0.15, 0.2) is 93.4 Å². The second-order valence-corrected chi connectivity index (χ2v) is 7.03. The molecule has 0 fully saturated rings. The third kappa shape index (κ3) is 3.60. The van der Waals surface area contributed by atoms with E-state index in [0.717, 1.165) is 10.6 Å². The van der Waals surface area contributed by atoms with Crippen LogP contribution in [0.1, 0.15) is 0 Å². The van der Waals surface area contributed by atoms with Gasteiger partial charge in [0.25, 0.3) is 5.39 Å². The molecule has 0 bridgehead atoms. The van der Waals surface area contributed by atoms with Crippen LogP contribution in [0.2, 0.25) is 0 Å². The van der Waals surface area contributed by atoms with E-state index in [1.54, 1.807) is 12.3 Å². The maximum atomic E-state index is 8.98. The van der Waals surface area contributed by atoms with E-state index in [1.807, 2.05) is 60.7 Å². The molecule has 1 aliphatic heterocycles. The number of hydrogen-bond donors (Lipinski definition) is 1. The molecule has 0 aromatic heterocycles. The van der Waals surface area contributed by atoms with Gasteiger partial charge in [0, 0.05) is 14.1 Å². The van der Waals surface area contributed by atoms with Crippen molar-refractivity contribution < 1.29 is 0 Å². The molecule has 1 heterocycles. The third-order valence-corrected chi connectivity index (χ3v) is 5.81. The molecular formula is C17H13N7P+. The lowest BCUT2D eigenvalue weighted by molar-refractivity contribution is 0.993. The number of benzene rings is 2. The Kier molecular flexibility index (Phi) is 5.25. The number of diazo groups is 1. The number of hydrogen-bond acceptors (Lipinski definition) is 5. The second kappa shape index (κ2) is 7.95. The van der Waals surface area contributed by atoms with Crippen molar-refractivity contribution >= 4 is 35.4 Å². The average Bonchev–Trinajstić information content (AvgIpc) is 2.66. The molecule has 7 nitrogen and oxygen atoms in total. The van der Waals surface area contributed by atoms with Crippen LogP contribution >= 0.6 is 7.92 Å².